The van der Waals surface area contributed by atoms with E-state index < -0.39 is 23.8 Å². The van der Waals surface area contributed by atoms with Gasteiger partial charge in [-0.25, -0.2) is 9.18 Å². The second-order valence-electron chi connectivity index (χ2n) is 7.17. The Hall–Kier alpha value is -3.28. The molecular weight excluding hydrogens is 361 g/mol. The summed E-state index contributed by atoms with van der Waals surface area (Å²) in [5.74, 6) is -1.73. The van der Waals surface area contributed by atoms with Crippen LogP contribution < -0.4 is 5.32 Å². The maximum Gasteiger partial charge on any atom is 0.331 e. The van der Waals surface area contributed by atoms with Crippen molar-refractivity contribution in [2.45, 2.75) is 20.8 Å². The van der Waals surface area contributed by atoms with E-state index in [1.54, 1.807) is 57.2 Å². The molecule has 0 saturated heterocycles. The van der Waals surface area contributed by atoms with E-state index >= 15 is 0 Å². The van der Waals surface area contributed by atoms with Gasteiger partial charge in [0.25, 0.3) is 0 Å². The minimum atomic E-state index is -0.745. The first-order valence-electron chi connectivity index (χ1n) is 8.71. The highest BCUT2D eigenvalue weighted by molar-refractivity contribution is 6.00. The van der Waals surface area contributed by atoms with Crippen LogP contribution in [0.2, 0.25) is 0 Å². The highest BCUT2D eigenvalue weighted by Crippen LogP contribution is 2.18. The van der Waals surface area contributed by atoms with Crippen LogP contribution in [0.4, 0.5) is 10.1 Å². The summed E-state index contributed by atoms with van der Waals surface area (Å²) in [5.41, 5.74) is 0.637. The second-order valence-corrected chi connectivity index (χ2v) is 7.17. The number of hydrogen-bond donors (Lipinski definition) is 1. The number of ether oxygens (including phenoxy) is 1. The molecule has 2 rings (SSSR count). The van der Waals surface area contributed by atoms with Crippen LogP contribution in [0.25, 0.3) is 6.08 Å². The SMILES string of the molecule is CC(C)(C)C(=O)Nc1ccc(C(=O)COC(=O)/C=C/c2ccccc2F)cc1. The number of esters is 1. The first kappa shape index (κ1) is 21.0. The van der Waals surface area contributed by atoms with Crippen LogP contribution in [-0.4, -0.2) is 24.3 Å². The number of Topliss-reactive ketones (excluding diaryl/α,β-unsaturated/α-hetero) is 1. The van der Waals surface area contributed by atoms with Crippen LogP contribution in [0.1, 0.15) is 36.7 Å². The molecule has 0 unspecified atom stereocenters. The topological polar surface area (TPSA) is 72.5 Å². The van der Waals surface area contributed by atoms with Crippen molar-refractivity contribution in [1.82, 2.24) is 0 Å². The average molecular weight is 383 g/mol. The highest BCUT2D eigenvalue weighted by Gasteiger charge is 2.21. The molecule has 2 aromatic rings. The fourth-order valence-corrected chi connectivity index (χ4v) is 2.09. The van der Waals surface area contributed by atoms with Gasteiger partial charge in [-0.15, -0.1) is 0 Å². The summed E-state index contributed by atoms with van der Waals surface area (Å²) < 4.78 is 18.4. The standard InChI is InChI=1S/C22H22FNO4/c1-22(2,3)21(27)24-17-11-8-16(9-12-17)19(25)14-28-20(26)13-10-15-6-4-5-7-18(15)23/h4-13H,14H2,1-3H3,(H,24,27)/b13-10+. The van der Waals surface area contributed by atoms with Gasteiger partial charge in [0, 0.05) is 28.3 Å². The Labute approximate surface area is 163 Å². The van der Waals surface area contributed by atoms with Gasteiger partial charge in [0.1, 0.15) is 5.82 Å². The Morgan fingerprint density at radius 2 is 1.68 bits per heavy atom. The van der Waals surface area contributed by atoms with Crippen molar-refractivity contribution in [2.24, 2.45) is 5.41 Å². The van der Waals surface area contributed by atoms with Crippen LogP contribution >= 0.6 is 0 Å². The lowest BCUT2D eigenvalue weighted by Crippen LogP contribution is -2.27. The van der Waals surface area contributed by atoms with Gasteiger partial charge in [0.05, 0.1) is 0 Å². The van der Waals surface area contributed by atoms with Gasteiger partial charge in [-0.05, 0) is 36.4 Å². The molecule has 1 N–H and O–H groups in total. The summed E-state index contributed by atoms with van der Waals surface area (Å²) in [5, 5.41) is 2.76. The van der Waals surface area contributed by atoms with E-state index in [4.69, 9.17) is 4.74 Å². The molecule has 28 heavy (non-hydrogen) atoms. The zero-order valence-electron chi connectivity index (χ0n) is 16.0. The smallest absolute Gasteiger partial charge is 0.331 e. The number of amides is 1. The van der Waals surface area contributed by atoms with E-state index in [-0.39, 0.29) is 17.3 Å². The fraction of sp³-hybridized carbons (Fsp3) is 0.227. The molecule has 1 amide bonds. The summed E-state index contributed by atoms with van der Waals surface area (Å²) in [6.45, 7) is 4.97. The van der Waals surface area contributed by atoms with Crippen LogP contribution in [-0.2, 0) is 14.3 Å². The summed E-state index contributed by atoms with van der Waals surface area (Å²) in [4.78, 5) is 35.8. The van der Waals surface area contributed by atoms with Crippen LogP contribution in [0.15, 0.2) is 54.6 Å². The summed E-state index contributed by atoms with van der Waals surface area (Å²) >= 11 is 0. The molecule has 0 aliphatic rings. The zero-order chi connectivity index (χ0) is 20.7. The predicted molar refractivity (Wildman–Crippen MR) is 105 cm³/mol. The molecule has 0 fully saturated rings. The number of carbonyl (C=O) groups is 3. The second kappa shape index (κ2) is 9.08. The van der Waals surface area contributed by atoms with E-state index in [2.05, 4.69) is 5.32 Å². The van der Waals surface area contributed by atoms with Crippen molar-refractivity contribution in [3.63, 3.8) is 0 Å². The molecule has 5 nitrogen and oxygen atoms in total. The van der Waals surface area contributed by atoms with E-state index in [0.29, 0.717) is 11.3 Å². The average Bonchev–Trinajstić information content (AvgIpc) is 2.65. The van der Waals surface area contributed by atoms with E-state index in [0.717, 1.165) is 6.08 Å². The molecule has 146 valence electrons. The van der Waals surface area contributed by atoms with Gasteiger partial charge in [0.15, 0.2) is 12.4 Å². The zero-order valence-corrected chi connectivity index (χ0v) is 16.0. The number of carbonyl (C=O) groups excluding carboxylic acids is 3. The molecule has 0 aliphatic heterocycles. The van der Waals surface area contributed by atoms with Gasteiger partial charge in [-0.2, -0.15) is 0 Å². The van der Waals surface area contributed by atoms with Gasteiger partial charge < -0.3 is 10.1 Å². The first-order chi connectivity index (χ1) is 13.2. The first-order valence-corrected chi connectivity index (χ1v) is 8.71. The number of halogens is 1. The Kier molecular flexibility index (Phi) is 6.82. The van der Waals surface area contributed by atoms with E-state index in [9.17, 15) is 18.8 Å². The Morgan fingerprint density at radius 3 is 2.29 bits per heavy atom. The molecular formula is C22H22FNO4. The Morgan fingerprint density at radius 1 is 1.04 bits per heavy atom. The number of ketones is 1. The lowest BCUT2D eigenvalue weighted by Gasteiger charge is -2.17. The van der Waals surface area contributed by atoms with Crippen molar-refractivity contribution >= 4 is 29.4 Å². The molecule has 0 heterocycles. The fourth-order valence-electron chi connectivity index (χ4n) is 2.09. The molecule has 6 heteroatoms. The molecule has 0 bridgehead atoms. The largest absolute Gasteiger partial charge is 0.454 e. The van der Waals surface area contributed by atoms with Crippen LogP contribution in [0, 0.1) is 11.2 Å². The summed E-state index contributed by atoms with van der Waals surface area (Å²) in [7, 11) is 0. The maximum atomic E-state index is 13.5. The lowest BCUT2D eigenvalue weighted by atomic mass is 9.95. The summed E-state index contributed by atoms with van der Waals surface area (Å²) in [6, 6.07) is 12.3. The molecule has 2 aromatic carbocycles. The Balaban J connectivity index is 1.88. The predicted octanol–water partition coefficient (Wildman–Crippen LogP) is 4.25. The number of hydrogen-bond acceptors (Lipinski definition) is 4. The number of rotatable bonds is 6. The summed E-state index contributed by atoms with van der Waals surface area (Å²) in [6.07, 6.45) is 2.35. The third kappa shape index (κ3) is 6.16. The third-order valence-corrected chi connectivity index (χ3v) is 3.80. The van der Waals surface area contributed by atoms with Gasteiger partial charge in [0.2, 0.25) is 5.91 Å². The van der Waals surface area contributed by atoms with Crippen molar-refractivity contribution in [3.8, 4) is 0 Å². The molecule has 0 radical (unpaired) electrons. The molecule has 0 atom stereocenters. The highest BCUT2D eigenvalue weighted by atomic mass is 19.1. The van der Waals surface area contributed by atoms with Crippen molar-refractivity contribution in [3.05, 3.63) is 71.6 Å². The minimum Gasteiger partial charge on any atom is -0.454 e. The van der Waals surface area contributed by atoms with Gasteiger partial charge >= 0.3 is 5.97 Å². The molecule has 0 aromatic heterocycles. The maximum absolute atomic E-state index is 13.5. The molecule has 0 spiro atoms. The minimum absolute atomic E-state index is 0.137. The number of anilines is 1. The van der Waals surface area contributed by atoms with Crippen molar-refractivity contribution in [2.75, 3.05) is 11.9 Å². The number of benzene rings is 2. The molecule has 0 saturated carbocycles. The van der Waals surface area contributed by atoms with Gasteiger partial charge in [-0.3, -0.25) is 9.59 Å². The van der Waals surface area contributed by atoms with Crippen molar-refractivity contribution < 1.29 is 23.5 Å². The third-order valence-electron chi connectivity index (χ3n) is 3.80. The normalized spacial score (nSPS) is 11.3. The van der Waals surface area contributed by atoms with E-state index in [1.165, 1.54) is 18.2 Å². The van der Waals surface area contributed by atoms with E-state index in [1.807, 2.05) is 0 Å². The lowest BCUT2D eigenvalue weighted by molar-refractivity contribution is -0.136. The van der Waals surface area contributed by atoms with Gasteiger partial charge in [-0.1, -0.05) is 39.0 Å². The number of nitrogens with one attached hydrogen (secondary N) is 1. The Bertz CT molecular complexity index is 895. The quantitative estimate of drug-likeness (QED) is 0.460. The molecule has 0 aliphatic carbocycles. The van der Waals surface area contributed by atoms with Crippen LogP contribution in [0.3, 0.4) is 0 Å². The monoisotopic (exact) mass is 383 g/mol. The van der Waals surface area contributed by atoms with Crippen molar-refractivity contribution in [1.29, 1.82) is 0 Å². The van der Waals surface area contributed by atoms with Crippen LogP contribution in [0.5, 0.6) is 0 Å².